The van der Waals surface area contributed by atoms with E-state index in [2.05, 4.69) is 0 Å². The van der Waals surface area contributed by atoms with Crippen LogP contribution in [0.3, 0.4) is 0 Å². The third-order valence-electron chi connectivity index (χ3n) is 12.4. The number of halogens is 2. The molecule has 0 fully saturated rings. The molecule has 85 heavy (non-hydrogen) atoms. The van der Waals surface area contributed by atoms with Crippen LogP contribution in [0, 0.1) is 18.6 Å². The van der Waals surface area contributed by atoms with Gasteiger partial charge in [-0.3, -0.25) is 47.9 Å². The number of methoxy groups -OCH3 is 1. The van der Waals surface area contributed by atoms with Crippen molar-refractivity contribution in [3.8, 4) is 23.0 Å². The minimum absolute atomic E-state index is 0.00545. The number of fused-ring (bicyclic) bond motifs is 6. The zero-order chi connectivity index (χ0) is 62.5. The fourth-order valence-corrected chi connectivity index (χ4v) is 8.77. The maximum Gasteiger partial charge on any atom is 0.340 e. The second-order valence-electron chi connectivity index (χ2n) is 18.5. The van der Waals surface area contributed by atoms with Gasteiger partial charge < -0.3 is 76.1 Å². The summed E-state index contributed by atoms with van der Waals surface area (Å²) < 4.78 is 108. The van der Waals surface area contributed by atoms with Gasteiger partial charge in [-0.15, -0.1) is 0 Å². The highest BCUT2D eigenvalue weighted by Gasteiger charge is 2.58. The molecule has 0 saturated heterocycles. The summed E-state index contributed by atoms with van der Waals surface area (Å²) in [6, 6.07) is 10.9. The number of carbonyl (C=O) groups excluding carboxylic acids is 11. The highest BCUT2D eigenvalue weighted by atomic mass is 19.1. The molecule has 2 aliphatic rings. The van der Waals surface area contributed by atoms with Crippen LogP contribution in [0.2, 0.25) is 0 Å². The molecule has 454 valence electrons. The molecule has 29 heteroatoms. The summed E-state index contributed by atoms with van der Waals surface area (Å²) in [5.74, 6) is -14.3. The lowest BCUT2D eigenvalue weighted by Gasteiger charge is -2.45. The van der Waals surface area contributed by atoms with Crippen LogP contribution in [-0.4, -0.2) is 139 Å². The van der Waals surface area contributed by atoms with Crippen LogP contribution in [0.1, 0.15) is 92.2 Å². The molecule has 0 amide bonds. The zero-order valence-corrected chi connectivity index (χ0v) is 47.1. The third kappa shape index (κ3) is 15.8. The molecule has 1 aliphatic carbocycles. The molecule has 0 bridgehead atoms. The van der Waals surface area contributed by atoms with E-state index in [1.54, 1.807) is 13.0 Å². The van der Waals surface area contributed by atoms with E-state index < -0.39 is 167 Å². The molecule has 0 aromatic heterocycles. The Hall–Kier alpha value is -9.93. The number of ether oxygens (including phenoxy) is 14. The monoisotopic (exact) mass is 1190 g/mol. The highest BCUT2D eigenvalue weighted by Crippen LogP contribution is 2.59. The summed E-state index contributed by atoms with van der Waals surface area (Å²) in [5.41, 5.74) is -4.86. The van der Waals surface area contributed by atoms with Crippen LogP contribution in [-0.2, 0) is 107 Å². The molecule has 0 saturated carbocycles. The first-order valence-corrected chi connectivity index (χ1v) is 25.2. The second kappa shape index (κ2) is 27.9. The molecule has 27 nitrogen and oxygen atoms in total. The number of esters is 11. The van der Waals surface area contributed by atoms with E-state index in [1.807, 2.05) is 0 Å². The van der Waals surface area contributed by atoms with Gasteiger partial charge >= 0.3 is 65.7 Å². The number of aryl methyl sites for hydroxylation is 1. The highest BCUT2D eigenvalue weighted by molar-refractivity contribution is 5.99. The van der Waals surface area contributed by atoms with Crippen molar-refractivity contribution < 1.29 is 128 Å². The third-order valence-corrected chi connectivity index (χ3v) is 12.4. The van der Waals surface area contributed by atoms with Gasteiger partial charge in [-0.05, 0) is 79.1 Å². The quantitative estimate of drug-likeness (QED) is 0.0280. The minimum Gasteiger partial charge on any atom is -0.488 e. The Balaban J connectivity index is 1.53. The van der Waals surface area contributed by atoms with Crippen molar-refractivity contribution in [3.63, 3.8) is 0 Å². The lowest BCUT2D eigenvalue weighted by Crippen LogP contribution is -2.43. The van der Waals surface area contributed by atoms with E-state index >= 15 is 8.78 Å². The van der Waals surface area contributed by atoms with Gasteiger partial charge in [0.2, 0.25) is 27.2 Å². The number of nitrogens with zero attached hydrogens (tertiary/aromatic N) is 2. The molecule has 0 N–H and O–H groups in total. The summed E-state index contributed by atoms with van der Waals surface area (Å²) >= 11 is 0. The standard InChI is InChI=1S/C56H56F2N2O25/c1-29-10-11-44(59(21-50(67)79-25-75-30(2)61)22-51(68)80-26-76-31(3)62)48(14-29)73-12-13-74-49-18-37-36(15-45(49)60(23-52(69)81-27-77-32(4)63)24-53(70)82-28-78-33(5)64)54(71)85-56(37)40-16-42(57)46(83-34(6)65)19-38(40)55(8,72-9)39-20-47(84-35(7)66)43(58)17-41(39)56/h10-11,14-20H,12-13,21-28H2,1-9H3. The normalized spacial score (nSPS) is 15.0. The largest absolute Gasteiger partial charge is 0.488 e. The molecule has 0 unspecified atom stereocenters. The van der Waals surface area contributed by atoms with Gasteiger partial charge in [-0.25, -0.2) is 13.6 Å². The number of anilines is 2. The van der Waals surface area contributed by atoms with Crippen LogP contribution < -0.4 is 28.7 Å². The summed E-state index contributed by atoms with van der Waals surface area (Å²) in [5, 5.41) is 0. The topological polar surface area (TPSA) is 323 Å². The summed E-state index contributed by atoms with van der Waals surface area (Å²) in [7, 11) is 1.24. The van der Waals surface area contributed by atoms with E-state index in [0.29, 0.717) is 5.56 Å². The Labute approximate surface area is 481 Å². The van der Waals surface area contributed by atoms with Crippen LogP contribution in [0.4, 0.5) is 20.2 Å². The maximum atomic E-state index is 16.5. The van der Waals surface area contributed by atoms with Crippen LogP contribution in [0.25, 0.3) is 0 Å². The van der Waals surface area contributed by atoms with Gasteiger partial charge in [0.15, 0.2) is 28.7 Å². The average molecular weight is 1200 g/mol. The van der Waals surface area contributed by atoms with Crippen LogP contribution in [0.5, 0.6) is 23.0 Å². The summed E-state index contributed by atoms with van der Waals surface area (Å²) in [6.45, 7) is 1.99. The number of hydrogen-bond acceptors (Lipinski definition) is 27. The Morgan fingerprint density at radius 1 is 0.471 bits per heavy atom. The molecule has 1 aliphatic heterocycles. The van der Waals surface area contributed by atoms with Gasteiger partial charge in [-0.2, -0.15) is 0 Å². The molecule has 0 radical (unpaired) electrons. The molecule has 1 spiro atoms. The fraction of sp³-hybridized carbons (Fsp3) is 0.375. The van der Waals surface area contributed by atoms with Gasteiger partial charge in [0.25, 0.3) is 0 Å². The van der Waals surface area contributed by atoms with Crippen molar-refractivity contribution >= 4 is 77.0 Å². The predicted molar refractivity (Wildman–Crippen MR) is 278 cm³/mol. The molecule has 0 atom stereocenters. The summed E-state index contributed by atoms with van der Waals surface area (Å²) in [4.78, 5) is 140. The smallest absolute Gasteiger partial charge is 0.340 e. The SMILES string of the molecule is COC1(C)c2cc(OC(C)=O)c(F)cc2C2(OC(=O)c3cc(N(CC(=O)OCOC(C)=O)CC(=O)OCOC(C)=O)c(OCCOc4cc(C)ccc4N(CC(=O)OCOC(C)=O)CC(=O)OCOC(C)=O)cc32)c2cc(F)c(OC(C)=O)cc21. The van der Waals surface area contributed by atoms with Crippen molar-refractivity contribution in [1.82, 2.24) is 0 Å². The molecular weight excluding hydrogens is 1140 g/mol. The number of carbonyl (C=O) groups is 11. The first-order chi connectivity index (χ1) is 40.2. The van der Waals surface area contributed by atoms with Gasteiger partial charge in [0, 0.05) is 65.3 Å². The van der Waals surface area contributed by atoms with Gasteiger partial charge in [0.1, 0.15) is 56.5 Å². The number of hydrogen-bond donors (Lipinski definition) is 0. The van der Waals surface area contributed by atoms with E-state index in [-0.39, 0.29) is 56.3 Å². The second-order valence-corrected chi connectivity index (χ2v) is 18.5. The molecule has 1 heterocycles. The molecule has 6 rings (SSSR count). The van der Waals surface area contributed by atoms with Crippen LogP contribution >= 0.6 is 0 Å². The van der Waals surface area contributed by atoms with E-state index in [0.717, 1.165) is 76.8 Å². The van der Waals surface area contributed by atoms with Crippen molar-refractivity contribution in [2.24, 2.45) is 0 Å². The molecule has 4 aromatic rings. The molecule has 4 aromatic carbocycles. The number of benzene rings is 4. The van der Waals surface area contributed by atoms with Crippen molar-refractivity contribution in [2.45, 2.75) is 66.6 Å². The van der Waals surface area contributed by atoms with Gasteiger partial charge in [0.05, 0.1) is 16.9 Å². The van der Waals surface area contributed by atoms with E-state index in [1.165, 1.54) is 37.1 Å². The van der Waals surface area contributed by atoms with Crippen molar-refractivity contribution in [3.05, 3.63) is 105 Å². The lowest BCUT2D eigenvalue weighted by atomic mass is 9.65. The summed E-state index contributed by atoms with van der Waals surface area (Å²) in [6.07, 6.45) is 0. The van der Waals surface area contributed by atoms with Crippen molar-refractivity contribution in [2.75, 3.05) is 83.5 Å². The first-order valence-electron chi connectivity index (χ1n) is 25.2. The lowest BCUT2D eigenvalue weighted by molar-refractivity contribution is -0.167. The predicted octanol–water partition coefficient (Wildman–Crippen LogP) is 4.14. The first kappa shape index (κ1) is 64.2. The Morgan fingerprint density at radius 3 is 1.22 bits per heavy atom. The van der Waals surface area contributed by atoms with Crippen LogP contribution in [0.15, 0.2) is 54.6 Å². The molecular formula is C56H56F2N2O25. The Morgan fingerprint density at radius 2 is 0.847 bits per heavy atom. The fourth-order valence-electron chi connectivity index (χ4n) is 8.77. The van der Waals surface area contributed by atoms with Gasteiger partial charge in [-0.1, -0.05) is 6.07 Å². The van der Waals surface area contributed by atoms with E-state index in [4.69, 9.17) is 66.3 Å². The zero-order valence-electron chi connectivity index (χ0n) is 47.1. The average Bonchev–Trinajstić information content (AvgIpc) is 1.68. The maximum absolute atomic E-state index is 16.5. The Kier molecular flexibility index (Phi) is 21.1. The number of rotatable bonds is 26. The van der Waals surface area contributed by atoms with E-state index in [9.17, 15) is 52.7 Å². The Bertz CT molecular complexity index is 3180. The minimum atomic E-state index is -2.41. The van der Waals surface area contributed by atoms with Crippen molar-refractivity contribution in [1.29, 1.82) is 0 Å².